The fourth-order valence-corrected chi connectivity index (χ4v) is 5.79. The smallest absolute Gasteiger partial charge is 0.405 e. The molecule has 1 saturated heterocycles. The molecule has 2 aromatic carbocycles. The number of hydrogen-bond donors (Lipinski definition) is 2. The van der Waals surface area contributed by atoms with E-state index in [-0.39, 0.29) is 0 Å². The number of benzene rings is 2. The molecule has 4 aromatic rings. The molecule has 4 heterocycles. The molecule has 42 heavy (non-hydrogen) atoms. The Bertz CT molecular complexity index is 1640. The van der Waals surface area contributed by atoms with Crippen LogP contribution < -0.4 is 26.0 Å². The first-order valence-electron chi connectivity index (χ1n) is 14.0. The van der Waals surface area contributed by atoms with Gasteiger partial charge in [-0.25, -0.2) is 19.4 Å². The van der Waals surface area contributed by atoms with Crippen LogP contribution in [0.1, 0.15) is 47.7 Å². The van der Waals surface area contributed by atoms with E-state index >= 15 is 0 Å². The number of hydrogen-bond acceptors (Lipinski definition) is 9. The summed E-state index contributed by atoms with van der Waals surface area (Å²) in [6.07, 6.45) is 4.03. The van der Waals surface area contributed by atoms with E-state index in [1.54, 1.807) is 19.4 Å². The minimum absolute atomic E-state index is 0.443. The van der Waals surface area contributed by atoms with Gasteiger partial charge in [0.1, 0.15) is 17.2 Å². The van der Waals surface area contributed by atoms with Gasteiger partial charge in [-0.2, -0.15) is 5.10 Å². The largest absolute Gasteiger partial charge is 0.497 e. The first-order chi connectivity index (χ1) is 20.2. The van der Waals surface area contributed by atoms with E-state index in [4.69, 9.17) is 36.0 Å². The first kappa shape index (κ1) is 27.3. The maximum atomic E-state index is 11.8. The summed E-state index contributed by atoms with van der Waals surface area (Å²) in [5, 5.41) is 5.05. The van der Waals surface area contributed by atoms with Crippen LogP contribution in [0, 0.1) is 0 Å². The lowest BCUT2D eigenvalue weighted by molar-refractivity contribution is 0.0126. The molecule has 2 aromatic heterocycles. The zero-order chi connectivity index (χ0) is 29.4. The van der Waals surface area contributed by atoms with Crippen molar-refractivity contribution >= 4 is 40.5 Å². The lowest BCUT2D eigenvalue weighted by Gasteiger charge is -2.38. The van der Waals surface area contributed by atoms with Gasteiger partial charge in [-0.1, -0.05) is 12.1 Å². The van der Waals surface area contributed by atoms with Crippen LogP contribution in [0.3, 0.4) is 0 Å². The number of carbonyl (C=O) groups is 2. The second kappa shape index (κ2) is 10.8. The van der Waals surface area contributed by atoms with Crippen molar-refractivity contribution in [2.75, 3.05) is 36.5 Å². The van der Waals surface area contributed by atoms with Gasteiger partial charge in [0.15, 0.2) is 17.0 Å². The Morgan fingerprint density at radius 2 is 1.81 bits per heavy atom. The average molecular weight is 571 g/mol. The van der Waals surface area contributed by atoms with E-state index in [9.17, 15) is 9.59 Å². The Balaban J connectivity index is 1.38. The van der Waals surface area contributed by atoms with Crippen molar-refractivity contribution in [1.29, 1.82) is 0 Å². The number of aromatic nitrogens is 4. The molecule has 2 aliphatic rings. The second-order valence-corrected chi connectivity index (χ2v) is 11.1. The van der Waals surface area contributed by atoms with Gasteiger partial charge in [0.05, 0.1) is 19.9 Å². The summed E-state index contributed by atoms with van der Waals surface area (Å²) in [5.74, 6) is 1.79. The molecule has 0 spiro atoms. The summed E-state index contributed by atoms with van der Waals surface area (Å²) in [5.41, 5.74) is 15.2. The topological polar surface area (TPSA) is 155 Å². The minimum atomic E-state index is -0.757. The quantitative estimate of drug-likeness (QED) is 0.339. The molecule has 6 rings (SSSR count). The molecule has 4 N–H and O–H groups in total. The highest BCUT2D eigenvalue weighted by Gasteiger charge is 2.34. The van der Waals surface area contributed by atoms with E-state index in [0.717, 1.165) is 47.8 Å². The molecule has 0 saturated carbocycles. The fraction of sp³-hybridized carbons (Fsp3) is 0.367. The summed E-state index contributed by atoms with van der Waals surface area (Å²) < 4.78 is 12.6. The van der Waals surface area contributed by atoms with E-state index in [2.05, 4.69) is 9.80 Å². The Morgan fingerprint density at radius 3 is 2.50 bits per heavy atom. The molecule has 0 radical (unpaired) electrons. The van der Waals surface area contributed by atoms with E-state index < -0.39 is 17.6 Å². The Hall–Kier alpha value is -4.87. The maximum Gasteiger partial charge on any atom is 0.405 e. The van der Waals surface area contributed by atoms with Crippen molar-refractivity contribution < 1.29 is 19.1 Å². The van der Waals surface area contributed by atoms with Crippen molar-refractivity contribution in [2.24, 2.45) is 11.5 Å². The highest BCUT2D eigenvalue weighted by molar-refractivity contribution is 5.94. The number of carbonyl (C=O) groups excluding carboxylic acids is 2. The number of anilines is 3. The van der Waals surface area contributed by atoms with Crippen LogP contribution in [0.15, 0.2) is 48.7 Å². The zero-order valence-electron chi connectivity index (χ0n) is 23.7. The van der Waals surface area contributed by atoms with Crippen LogP contribution in [0.4, 0.5) is 22.1 Å². The molecule has 2 amide bonds. The third-order valence-corrected chi connectivity index (χ3v) is 8.13. The number of amides is 2. The van der Waals surface area contributed by atoms with Crippen LogP contribution >= 0.6 is 0 Å². The predicted octanol–water partition coefficient (Wildman–Crippen LogP) is 3.52. The fourth-order valence-electron chi connectivity index (χ4n) is 5.79. The number of piperidine rings is 1. The SMILES string of the molecule is COc1ccc(Cn2nc(N3CCCc4cc(C(N)=O)ccc43)c3ncc(N4CCC(C)(OC(N)=O)CC4)nc32)cc1. The molecule has 218 valence electrons. The molecule has 0 atom stereocenters. The number of methoxy groups -OCH3 is 1. The van der Waals surface area contributed by atoms with E-state index in [1.165, 1.54) is 0 Å². The molecule has 0 aliphatic carbocycles. The number of aryl methyl sites for hydroxylation is 1. The van der Waals surface area contributed by atoms with Crippen LogP contribution in [-0.4, -0.2) is 64.1 Å². The summed E-state index contributed by atoms with van der Waals surface area (Å²) in [7, 11) is 1.64. The van der Waals surface area contributed by atoms with Crippen molar-refractivity contribution in [3.63, 3.8) is 0 Å². The van der Waals surface area contributed by atoms with E-state index in [0.29, 0.717) is 55.0 Å². The van der Waals surface area contributed by atoms with E-state index in [1.807, 2.05) is 48.0 Å². The Labute approximate surface area is 243 Å². The summed E-state index contributed by atoms with van der Waals surface area (Å²) >= 11 is 0. The maximum absolute atomic E-state index is 11.8. The van der Waals surface area contributed by atoms with Crippen molar-refractivity contribution in [1.82, 2.24) is 19.7 Å². The molecule has 12 nitrogen and oxygen atoms in total. The van der Waals surface area contributed by atoms with Crippen molar-refractivity contribution in [3.8, 4) is 5.75 Å². The predicted molar refractivity (Wildman–Crippen MR) is 158 cm³/mol. The first-order valence-corrected chi connectivity index (χ1v) is 14.0. The zero-order valence-corrected chi connectivity index (χ0v) is 23.7. The highest BCUT2D eigenvalue weighted by Crippen LogP contribution is 2.37. The van der Waals surface area contributed by atoms with Gasteiger partial charge >= 0.3 is 6.09 Å². The minimum Gasteiger partial charge on any atom is -0.497 e. The Kier molecular flexibility index (Phi) is 7.05. The molecule has 0 unspecified atom stereocenters. The molecule has 2 aliphatic heterocycles. The van der Waals surface area contributed by atoms with Gasteiger partial charge in [-0.15, -0.1) is 0 Å². The van der Waals surface area contributed by atoms with Gasteiger partial charge in [0.2, 0.25) is 5.91 Å². The van der Waals surface area contributed by atoms with Gasteiger partial charge in [0, 0.05) is 43.7 Å². The average Bonchev–Trinajstić information content (AvgIpc) is 3.34. The van der Waals surface area contributed by atoms with Gasteiger partial charge in [-0.05, 0) is 61.2 Å². The van der Waals surface area contributed by atoms with Gasteiger partial charge in [0.25, 0.3) is 0 Å². The summed E-state index contributed by atoms with van der Waals surface area (Å²) in [6.45, 7) is 4.44. The number of nitrogens with two attached hydrogens (primary N) is 2. The van der Waals surface area contributed by atoms with Crippen LogP contribution in [0.2, 0.25) is 0 Å². The molecular formula is C30H34N8O4. The second-order valence-electron chi connectivity index (χ2n) is 11.1. The molecular weight excluding hydrogens is 536 g/mol. The molecule has 1 fully saturated rings. The third-order valence-electron chi connectivity index (χ3n) is 8.13. The number of primary amides is 2. The van der Waals surface area contributed by atoms with Crippen LogP contribution in [-0.2, 0) is 17.7 Å². The third kappa shape index (κ3) is 5.27. The van der Waals surface area contributed by atoms with Gasteiger partial charge < -0.3 is 30.7 Å². The highest BCUT2D eigenvalue weighted by atomic mass is 16.6. The lowest BCUT2D eigenvalue weighted by Crippen LogP contribution is -2.46. The van der Waals surface area contributed by atoms with Crippen LogP contribution in [0.5, 0.6) is 5.75 Å². The number of ether oxygens (including phenoxy) is 2. The summed E-state index contributed by atoms with van der Waals surface area (Å²) in [6, 6.07) is 13.4. The monoisotopic (exact) mass is 570 g/mol. The summed E-state index contributed by atoms with van der Waals surface area (Å²) in [4.78, 5) is 37.4. The number of fused-ring (bicyclic) bond motifs is 2. The lowest BCUT2D eigenvalue weighted by atomic mass is 9.93. The normalized spacial score (nSPS) is 16.2. The standard InChI is InChI=1S/C30H34N8O4/c1-30(42-29(32)40)11-14-36(15-12-30)24-17-33-25-27(34-24)38(18-19-5-8-22(41-2)9-6-19)35-28(25)37-13-3-4-20-16-21(26(31)39)7-10-23(20)37/h5-10,16-17H,3-4,11-15,18H2,1-2H3,(H2,31,39)(H2,32,40). The van der Waals surface area contributed by atoms with Crippen molar-refractivity contribution in [2.45, 2.75) is 44.8 Å². The number of nitrogens with zero attached hydrogens (tertiary/aromatic N) is 6. The van der Waals surface area contributed by atoms with Crippen molar-refractivity contribution in [3.05, 3.63) is 65.4 Å². The molecule has 0 bridgehead atoms. The molecule has 12 heteroatoms. The Morgan fingerprint density at radius 1 is 1.05 bits per heavy atom. The van der Waals surface area contributed by atoms with Gasteiger partial charge in [-0.3, -0.25) is 4.79 Å². The number of rotatable bonds is 7. The van der Waals surface area contributed by atoms with Crippen LogP contribution in [0.25, 0.3) is 11.2 Å².